The molecule has 5 heteroatoms. The third-order valence-electron chi connectivity index (χ3n) is 5.71. The van der Waals surface area contributed by atoms with E-state index in [1.165, 1.54) is 10.8 Å². The van der Waals surface area contributed by atoms with Crippen molar-refractivity contribution in [1.82, 2.24) is 14.8 Å². The van der Waals surface area contributed by atoms with Gasteiger partial charge in [0, 0.05) is 24.2 Å². The van der Waals surface area contributed by atoms with Crippen LogP contribution in [0.25, 0.3) is 10.8 Å². The first kappa shape index (κ1) is 15.6. The van der Waals surface area contributed by atoms with Crippen LogP contribution in [0.4, 0.5) is 5.82 Å². The molecule has 1 fully saturated rings. The molecule has 1 saturated heterocycles. The van der Waals surface area contributed by atoms with Gasteiger partial charge >= 0.3 is 0 Å². The van der Waals surface area contributed by atoms with Gasteiger partial charge in [0.05, 0.1) is 18.3 Å². The standard InChI is InChI=1S/C21H22N4O/c26-20-13-16-6-3-9-19(16)23-25(20)14-17-7-4-12-24(17)21-18-8-2-1-5-15(18)10-11-22-21/h1-2,5,8,10-11,13,17H,3-4,6-7,9,12,14H2. The molecule has 2 aliphatic rings. The third-order valence-corrected chi connectivity index (χ3v) is 5.71. The second-order valence-electron chi connectivity index (χ2n) is 7.34. The summed E-state index contributed by atoms with van der Waals surface area (Å²) in [4.78, 5) is 19.5. The minimum absolute atomic E-state index is 0.0309. The van der Waals surface area contributed by atoms with Gasteiger partial charge in [-0.25, -0.2) is 9.67 Å². The van der Waals surface area contributed by atoms with E-state index in [0.29, 0.717) is 6.54 Å². The fourth-order valence-electron chi connectivity index (χ4n) is 4.41. The van der Waals surface area contributed by atoms with Crippen LogP contribution in [0, 0.1) is 0 Å². The molecule has 1 aliphatic heterocycles. The molecule has 1 aliphatic carbocycles. The highest BCUT2D eigenvalue weighted by Crippen LogP contribution is 2.30. The van der Waals surface area contributed by atoms with Crippen molar-refractivity contribution in [3.8, 4) is 0 Å². The van der Waals surface area contributed by atoms with Crippen LogP contribution in [0.5, 0.6) is 0 Å². The van der Waals surface area contributed by atoms with E-state index in [1.807, 2.05) is 6.20 Å². The van der Waals surface area contributed by atoms with Gasteiger partial charge in [-0.05, 0) is 49.1 Å². The summed E-state index contributed by atoms with van der Waals surface area (Å²) in [6, 6.07) is 12.5. The second kappa shape index (κ2) is 6.24. The quantitative estimate of drug-likeness (QED) is 0.732. The van der Waals surface area contributed by atoms with Gasteiger partial charge in [-0.15, -0.1) is 0 Å². The molecular weight excluding hydrogens is 324 g/mol. The Morgan fingerprint density at radius 1 is 1.12 bits per heavy atom. The van der Waals surface area contributed by atoms with E-state index in [2.05, 4.69) is 45.3 Å². The molecule has 0 radical (unpaired) electrons. The Balaban J connectivity index is 1.49. The maximum absolute atomic E-state index is 12.5. The molecule has 3 aromatic rings. The number of pyridine rings is 1. The molecule has 1 aromatic carbocycles. The SMILES string of the molecule is O=c1cc2c(nn1CC1CCCN1c1nccc3ccccc13)CCC2. The number of nitrogens with zero attached hydrogens (tertiary/aromatic N) is 4. The maximum atomic E-state index is 12.5. The topological polar surface area (TPSA) is 51.0 Å². The van der Waals surface area contributed by atoms with Crippen LogP contribution in [0.2, 0.25) is 0 Å². The van der Waals surface area contributed by atoms with E-state index in [9.17, 15) is 4.79 Å². The Bertz CT molecular complexity index is 1020. The van der Waals surface area contributed by atoms with E-state index in [-0.39, 0.29) is 11.6 Å². The summed E-state index contributed by atoms with van der Waals surface area (Å²) in [5, 5.41) is 7.05. The number of rotatable bonds is 3. The smallest absolute Gasteiger partial charge is 0.267 e. The van der Waals surface area contributed by atoms with Crippen molar-refractivity contribution in [3.63, 3.8) is 0 Å². The molecule has 0 spiro atoms. The highest BCUT2D eigenvalue weighted by molar-refractivity contribution is 5.92. The van der Waals surface area contributed by atoms with Gasteiger partial charge in [0.15, 0.2) is 0 Å². The average molecular weight is 346 g/mol. The highest BCUT2D eigenvalue weighted by Gasteiger charge is 2.28. The number of anilines is 1. The van der Waals surface area contributed by atoms with E-state index in [1.54, 1.807) is 10.7 Å². The number of hydrogen-bond acceptors (Lipinski definition) is 4. The van der Waals surface area contributed by atoms with Gasteiger partial charge in [-0.2, -0.15) is 5.10 Å². The number of fused-ring (bicyclic) bond motifs is 2. The van der Waals surface area contributed by atoms with Crippen LogP contribution in [-0.2, 0) is 19.4 Å². The van der Waals surface area contributed by atoms with Gasteiger partial charge < -0.3 is 4.90 Å². The van der Waals surface area contributed by atoms with Crippen LogP contribution in [0.1, 0.15) is 30.5 Å². The summed E-state index contributed by atoms with van der Waals surface area (Å²) in [7, 11) is 0. The van der Waals surface area contributed by atoms with Gasteiger partial charge in [0.25, 0.3) is 5.56 Å². The normalized spacial score (nSPS) is 19.2. The number of aromatic nitrogens is 3. The third kappa shape index (κ3) is 2.59. The van der Waals surface area contributed by atoms with Gasteiger partial charge in [-0.1, -0.05) is 24.3 Å². The lowest BCUT2D eigenvalue weighted by Crippen LogP contribution is -2.38. The molecule has 132 valence electrons. The largest absolute Gasteiger partial charge is 0.351 e. The van der Waals surface area contributed by atoms with Crippen molar-refractivity contribution in [2.45, 2.75) is 44.7 Å². The van der Waals surface area contributed by atoms with Crippen molar-refractivity contribution in [3.05, 3.63) is 64.2 Å². The Morgan fingerprint density at radius 3 is 3.00 bits per heavy atom. The lowest BCUT2D eigenvalue weighted by Gasteiger charge is -2.27. The first-order chi connectivity index (χ1) is 12.8. The number of aryl methyl sites for hydroxylation is 2. The summed E-state index contributed by atoms with van der Waals surface area (Å²) in [6.45, 7) is 1.61. The molecule has 0 saturated carbocycles. The predicted octanol–water partition coefficient (Wildman–Crippen LogP) is 2.95. The summed E-state index contributed by atoms with van der Waals surface area (Å²) < 4.78 is 1.68. The fraction of sp³-hybridized carbons (Fsp3) is 0.381. The van der Waals surface area contributed by atoms with Gasteiger partial charge in [0.2, 0.25) is 0 Å². The second-order valence-corrected chi connectivity index (χ2v) is 7.34. The zero-order chi connectivity index (χ0) is 17.5. The monoisotopic (exact) mass is 346 g/mol. The molecule has 0 N–H and O–H groups in total. The van der Waals surface area contributed by atoms with Crippen LogP contribution in [0.15, 0.2) is 47.4 Å². The van der Waals surface area contributed by atoms with Crippen LogP contribution < -0.4 is 10.5 Å². The summed E-state index contributed by atoms with van der Waals surface area (Å²) in [5.74, 6) is 1.03. The molecule has 3 heterocycles. The van der Waals surface area contributed by atoms with Crippen LogP contribution in [-0.4, -0.2) is 27.4 Å². The lowest BCUT2D eigenvalue weighted by atomic mass is 10.1. The molecule has 1 atom stereocenters. The fourth-order valence-corrected chi connectivity index (χ4v) is 4.41. The molecule has 26 heavy (non-hydrogen) atoms. The van der Waals surface area contributed by atoms with Crippen molar-refractivity contribution in [1.29, 1.82) is 0 Å². The molecule has 1 unspecified atom stereocenters. The van der Waals surface area contributed by atoms with Gasteiger partial charge in [0.1, 0.15) is 5.82 Å². The van der Waals surface area contributed by atoms with Crippen molar-refractivity contribution >= 4 is 16.6 Å². The van der Waals surface area contributed by atoms with E-state index < -0.39 is 0 Å². The van der Waals surface area contributed by atoms with Crippen molar-refractivity contribution in [2.75, 3.05) is 11.4 Å². The minimum atomic E-state index is 0.0309. The average Bonchev–Trinajstić information content (AvgIpc) is 3.30. The maximum Gasteiger partial charge on any atom is 0.267 e. The van der Waals surface area contributed by atoms with Crippen LogP contribution >= 0.6 is 0 Å². The van der Waals surface area contributed by atoms with E-state index in [4.69, 9.17) is 0 Å². The minimum Gasteiger partial charge on any atom is -0.351 e. The van der Waals surface area contributed by atoms with Crippen molar-refractivity contribution < 1.29 is 0 Å². The van der Waals surface area contributed by atoms with Crippen molar-refractivity contribution in [2.24, 2.45) is 0 Å². The van der Waals surface area contributed by atoms with E-state index in [0.717, 1.165) is 55.7 Å². The number of benzene rings is 1. The zero-order valence-corrected chi connectivity index (χ0v) is 14.8. The first-order valence-corrected chi connectivity index (χ1v) is 9.50. The Hall–Kier alpha value is -2.69. The molecule has 5 nitrogen and oxygen atoms in total. The van der Waals surface area contributed by atoms with E-state index >= 15 is 0 Å². The molecule has 0 bridgehead atoms. The molecular formula is C21H22N4O. The lowest BCUT2D eigenvalue weighted by molar-refractivity contribution is 0.482. The molecule has 0 amide bonds. The summed E-state index contributed by atoms with van der Waals surface area (Å²) >= 11 is 0. The highest BCUT2D eigenvalue weighted by atomic mass is 16.1. The number of hydrogen-bond donors (Lipinski definition) is 0. The van der Waals surface area contributed by atoms with Crippen LogP contribution in [0.3, 0.4) is 0 Å². The van der Waals surface area contributed by atoms with Gasteiger partial charge in [-0.3, -0.25) is 4.79 Å². The summed E-state index contributed by atoms with van der Waals surface area (Å²) in [6.07, 6.45) is 7.17. The predicted molar refractivity (Wildman–Crippen MR) is 103 cm³/mol. The first-order valence-electron chi connectivity index (χ1n) is 9.50. The summed E-state index contributed by atoms with van der Waals surface area (Å²) in [5.41, 5.74) is 2.28. The Labute approximate surface area is 152 Å². The molecule has 2 aromatic heterocycles. The Morgan fingerprint density at radius 2 is 2.04 bits per heavy atom. The zero-order valence-electron chi connectivity index (χ0n) is 14.8. The Kier molecular flexibility index (Phi) is 3.73. The molecule has 5 rings (SSSR count).